The molecule has 74 valence electrons. The molecule has 0 unspecified atom stereocenters. The van der Waals surface area contributed by atoms with Crippen LogP contribution in [0.3, 0.4) is 0 Å². The molecule has 14 heavy (non-hydrogen) atoms. The average Bonchev–Trinajstić information content (AvgIpc) is 2.44. The molecule has 0 saturated carbocycles. The van der Waals surface area contributed by atoms with Gasteiger partial charge >= 0.3 is 0 Å². The predicted octanol–water partition coefficient (Wildman–Crippen LogP) is 3.53. The molecular formula is C11H13BrN2. The lowest BCUT2D eigenvalue weighted by molar-refractivity contribution is 0.821. The molecule has 2 nitrogen and oxygen atoms in total. The quantitative estimate of drug-likeness (QED) is 0.759. The van der Waals surface area contributed by atoms with E-state index in [-0.39, 0.29) is 0 Å². The second-order valence-electron chi connectivity index (χ2n) is 3.81. The third-order valence-corrected chi connectivity index (χ3v) is 2.87. The topological polar surface area (TPSA) is 17.3 Å². The first kappa shape index (κ1) is 9.71. The summed E-state index contributed by atoms with van der Waals surface area (Å²) in [7, 11) is 0. The van der Waals surface area contributed by atoms with Crippen molar-refractivity contribution >= 4 is 21.6 Å². The van der Waals surface area contributed by atoms with Crippen molar-refractivity contribution < 1.29 is 0 Å². The number of pyridine rings is 1. The Balaban J connectivity index is 2.74. The summed E-state index contributed by atoms with van der Waals surface area (Å²) in [6.45, 7) is 6.45. The molecule has 0 aliphatic heterocycles. The minimum absolute atomic E-state index is 0.480. The Bertz CT molecular complexity index is 471. The van der Waals surface area contributed by atoms with Crippen molar-refractivity contribution in [3.05, 3.63) is 34.2 Å². The fourth-order valence-corrected chi connectivity index (χ4v) is 2.04. The van der Waals surface area contributed by atoms with Crippen LogP contribution in [0.1, 0.15) is 31.2 Å². The lowest BCUT2D eigenvalue weighted by atomic mass is 10.1. The van der Waals surface area contributed by atoms with E-state index in [4.69, 9.17) is 0 Å². The van der Waals surface area contributed by atoms with Gasteiger partial charge in [0.25, 0.3) is 0 Å². The highest BCUT2D eigenvalue weighted by Crippen LogP contribution is 2.21. The number of aryl methyl sites for hydroxylation is 1. The van der Waals surface area contributed by atoms with E-state index in [2.05, 4.69) is 52.3 Å². The van der Waals surface area contributed by atoms with Gasteiger partial charge in [0.1, 0.15) is 5.65 Å². The number of imidazole rings is 1. The number of hydrogen-bond donors (Lipinski definition) is 0. The Morgan fingerprint density at radius 3 is 2.71 bits per heavy atom. The molecule has 0 N–H and O–H groups in total. The van der Waals surface area contributed by atoms with Gasteiger partial charge in [0.15, 0.2) is 0 Å². The highest BCUT2D eigenvalue weighted by atomic mass is 79.9. The third-order valence-electron chi connectivity index (χ3n) is 2.40. The fraction of sp³-hybridized carbons (Fsp3) is 0.364. The molecule has 2 heterocycles. The van der Waals surface area contributed by atoms with Crippen molar-refractivity contribution in [2.75, 3.05) is 0 Å². The van der Waals surface area contributed by atoms with Gasteiger partial charge in [-0.25, -0.2) is 4.98 Å². The SMILES string of the molecule is Cc1c(C(C)C)nc2ccc(Br)cn12. The molecule has 0 bridgehead atoms. The molecular weight excluding hydrogens is 240 g/mol. The van der Waals surface area contributed by atoms with Crippen LogP contribution in [0.4, 0.5) is 0 Å². The maximum Gasteiger partial charge on any atom is 0.137 e. The van der Waals surface area contributed by atoms with Gasteiger partial charge < -0.3 is 4.40 Å². The van der Waals surface area contributed by atoms with Gasteiger partial charge in [0.2, 0.25) is 0 Å². The summed E-state index contributed by atoms with van der Waals surface area (Å²) in [5, 5.41) is 0. The van der Waals surface area contributed by atoms with Crippen LogP contribution in [0.25, 0.3) is 5.65 Å². The van der Waals surface area contributed by atoms with E-state index < -0.39 is 0 Å². The number of fused-ring (bicyclic) bond motifs is 1. The van der Waals surface area contributed by atoms with Gasteiger partial charge in [0, 0.05) is 16.4 Å². The minimum atomic E-state index is 0.480. The van der Waals surface area contributed by atoms with Crippen molar-refractivity contribution in [1.29, 1.82) is 0 Å². The van der Waals surface area contributed by atoms with Crippen LogP contribution in [0, 0.1) is 6.92 Å². The fourth-order valence-electron chi connectivity index (χ4n) is 1.70. The number of aromatic nitrogens is 2. The molecule has 0 spiro atoms. The van der Waals surface area contributed by atoms with Crippen molar-refractivity contribution in [3.8, 4) is 0 Å². The number of hydrogen-bond acceptors (Lipinski definition) is 1. The summed E-state index contributed by atoms with van der Waals surface area (Å²) < 4.78 is 3.21. The Kier molecular flexibility index (Phi) is 2.35. The van der Waals surface area contributed by atoms with Gasteiger partial charge in [-0.15, -0.1) is 0 Å². The lowest BCUT2D eigenvalue weighted by Crippen LogP contribution is -1.91. The molecule has 2 rings (SSSR count). The monoisotopic (exact) mass is 252 g/mol. The van der Waals surface area contributed by atoms with Gasteiger partial charge in [-0.3, -0.25) is 0 Å². The van der Waals surface area contributed by atoms with E-state index in [1.807, 2.05) is 12.1 Å². The van der Waals surface area contributed by atoms with E-state index in [0.29, 0.717) is 5.92 Å². The molecule has 0 radical (unpaired) electrons. The Labute approximate surface area is 92.1 Å². The zero-order valence-electron chi connectivity index (χ0n) is 8.58. The van der Waals surface area contributed by atoms with Crippen LogP contribution >= 0.6 is 15.9 Å². The number of rotatable bonds is 1. The second kappa shape index (κ2) is 3.39. The number of nitrogens with zero attached hydrogens (tertiary/aromatic N) is 2. The van der Waals surface area contributed by atoms with E-state index in [1.165, 1.54) is 11.4 Å². The first-order valence-corrected chi connectivity index (χ1v) is 5.53. The minimum Gasteiger partial charge on any atom is -0.303 e. The van der Waals surface area contributed by atoms with Crippen LogP contribution in [0.2, 0.25) is 0 Å². The molecule has 0 aromatic carbocycles. The summed E-state index contributed by atoms with van der Waals surface area (Å²) in [5.74, 6) is 0.480. The smallest absolute Gasteiger partial charge is 0.137 e. The highest BCUT2D eigenvalue weighted by Gasteiger charge is 2.10. The Morgan fingerprint density at radius 2 is 2.07 bits per heavy atom. The number of halogens is 1. The first-order chi connectivity index (χ1) is 6.59. The van der Waals surface area contributed by atoms with Crippen molar-refractivity contribution in [3.63, 3.8) is 0 Å². The summed E-state index contributed by atoms with van der Waals surface area (Å²) in [6.07, 6.45) is 2.06. The van der Waals surface area contributed by atoms with E-state index >= 15 is 0 Å². The maximum absolute atomic E-state index is 4.60. The molecule has 2 aromatic rings. The van der Waals surface area contributed by atoms with E-state index in [1.54, 1.807) is 0 Å². The van der Waals surface area contributed by atoms with Gasteiger partial charge in [-0.05, 0) is 40.9 Å². The van der Waals surface area contributed by atoms with Gasteiger partial charge in [0.05, 0.1) is 5.69 Å². The van der Waals surface area contributed by atoms with E-state index in [0.717, 1.165) is 10.1 Å². The molecule has 3 heteroatoms. The predicted molar refractivity (Wildman–Crippen MR) is 61.7 cm³/mol. The molecule has 0 aliphatic carbocycles. The maximum atomic E-state index is 4.60. The third kappa shape index (κ3) is 1.46. The van der Waals surface area contributed by atoms with E-state index in [9.17, 15) is 0 Å². The summed E-state index contributed by atoms with van der Waals surface area (Å²) >= 11 is 3.46. The standard InChI is InChI=1S/C11H13BrN2/c1-7(2)11-8(3)14-6-9(12)4-5-10(14)13-11/h4-7H,1-3H3. The molecule has 0 atom stereocenters. The van der Waals surface area contributed by atoms with Crippen LogP contribution in [-0.4, -0.2) is 9.38 Å². The molecule has 0 amide bonds. The van der Waals surface area contributed by atoms with Gasteiger partial charge in [-0.1, -0.05) is 13.8 Å². The summed E-state index contributed by atoms with van der Waals surface area (Å²) in [6, 6.07) is 4.05. The largest absolute Gasteiger partial charge is 0.303 e. The van der Waals surface area contributed by atoms with Crippen LogP contribution < -0.4 is 0 Å². The highest BCUT2D eigenvalue weighted by molar-refractivity contribution is 9.10. The zero-order valence-corrected chi connectivity index (χ0v) is 10.2. The summed E-state index contributed by atoms with van der Waals surface area (Å²) in [5.41, 5.74) is 3.44. The first-order valence-electron chi connectivity index (χ1n) is 4.73. The van der Waals surface area contributed by atoms with Gasteiger partial charge in [-0.2, -0.15) is 0 Å². The van der Waals surface area contributed by atoms with Crippen LogP contribution in [0.5, 0.6) is 0 Å². The zero-order chi connectivity index (χ0) is 10.3. The Hall–Kier alpha value is -0.830. The normalized spacial score (nSPS) is 11.5. The van der Waals surface area contributed by atoms with Crippen molar-refractivity contribution in [2.45, 2.75) is 26.7 Å². The van der Waals surface area contributed by atoms with Crippen molar-refractivity contribution in [2.24, 2.45) is 0 Å². The second-order valence-corrected chi connectivity index (χ2v) is 4.73. The van der Waals surface area contributed by atoms with Crippen LogP contribution in [0.15, 0.2) is 22.8 Å². The summed E-state index contributed by atoms with van der Waals surface area (Å²) in [4.78, 5) is 4.60. The van der Waals surface area contributed by atoms with Crippen molar-refractivity contribution in [1.82, 2.24) is 9.38 Å². The molecule has 0 aliphatic rings. The molecule has 2 aromatic heterocycles. The average molecular weight is 253 g/mol. The Morgan fingerprint density at radius 1 is 1.36 bits per heavy atom. The van der Waals surface area contributed by atoms with Crippen LogP contribution in [-0.2, 0) is 0 Å². The lowest BCUT2D eigenvalue weighted by Gasteiger charge is -2.01. The molecule has 0 fully saturated rings. The molecule has 0 saturated heterocycles.